The minimum Gasteiger partial charge on any atom is -0.384 e. The summed E-state index contributed by atoms with van der Waals surface area (Å²) < 4.78 is 5.26. The number of nitrogens with one attached hydrogen (secondary N) is 1. The van der Waals surface area contributed by atoms with E-state index in [4.69, 9.17) is 4.74 Å². The molecule has 0 spiro atoms. The molecule has 1 fully saturated rings. The molecule has 1 aliphatic rings. The molecule has 0 heterocycles. The molecular formula is C12H25NO. The molecule has 0 aromatic heterocycles. The van der Waals surface area contributed by atoms with Crippen molar-refractivity contribution in [3.8, 4) is 0 Å². The third-order valence-electron chi connectivity index (χ3n) is 3.88. The second-order valence-electron chi connectivity index (χ2n) is 5.01. The van der Waals surface area contributed by atoms with Crippen molar-refractivity contribution in [1.82, 2.24) is 5.32 Å². The van der Waals surface area contributed by atoms with Crippen LogP contribution in [0, 0.1) is 11.3 Å². The molecule has 1 aliphatic carbocycles. The Morgan fingerprint density at radius 1 is 1.57 bits per heavy atom. The topological polar surface area (TPSA) is 21.3 Å². The Labute approximate surface area is 88.4 Å². The van der Waals surface area contributed by atoms with Crippen molar-refractivity contribution in [2.45, 2.75) is 46.1 Å². The average Bonchev–Trinajstić information content (AvgIpc) is 2.50. The number of rotatable bonds is 5. The van der Waals surface area contributed by atoms with Gasteiger partial charge in [0.25, 0.3) is 0 Å². The monoisotopic (exact) mass is 199 g/mol. The second-order valence-corrected chi connectivity index (χ2v) is 5.01. The molecule has 84 valence electrons. The predicted octanol–water partition coefficient (Wildman–Crippen LogP) is 2.44. The quantitative estimate of drug-likeness (QED) is 0.734. The highest BCUT2D eigenvalue weighted by molar-refractivity contribution is 4.92. The first-order chi connectivity index (χ1) is 6.62. The molecular weight excluding hydrogens is 174 g/mol. The van der Waals surface area contributed by atoms with Gasteiger partial charge in [-0.25, -0.2) is 0 Å². The molecule has 0 aromatic rings. The molecule has 1 rings (SSSR count). The molecule has 0 aromatic carbocycles. The Kier molecular flexibility index (Phi) is 4.39. The third-order valence-corrected chi connectivity index (χ3v) is 3.88. The fourth-order valence-electron chi connectivity index (χ4n) is 2.63. The molecule has 1 N–H and O–H groups in total. The number of hydrogen-bond acceptors (Lipinski definition) is 2. The van der Waals surface area contributed by atoms with Crippen molar-refractivity contribution in [3.63, 3.8) is 0 Å². The molecule has 2 heteroatoms. The normalized spacial score (nSPS) is 34.7. The first-order valence-electron chi connectivity index (χ1n) is 5.84. The van der Waals surface area contributed by atoms with Gasteiger partial charge in [0.2, 0.25) is 0 Å². The van der Waals surface area contributed by atoms with Crippen LogP contribution in [0.2, 0.25) is 0 Å². The van der Waals surface area contributed by atoms with Crippen molar-refractivity contribution in [2.24, 2.45) is 11.3 Å². The molecule has 0 bridgehead atoms. The molecule has 3 atom stereocenters. The summed E-state index contributed by atoms with van der Waals surface area (Å²) in [6, 6.07) is 0.740. The van der Waals surface area contributed by atoms with Crippen LogP contribution in [0.3, 0.4) is 0 Å². The largest absolute Gasteiger partial charge is 0.384 e. The highest BCUT2D eigenvalue weighted by atomic mass is 16.5. The lowest BCUT2D eigenvalue weighted by molar-refractivity contribution is 0.0832. The summed E-state index contributed by atoms with van der Waals surface area (Å²) in [4.78, 5) is 0. The van der Waals surface area contributed by atoms with Crippen LogP contribution >= 0.6 is 0 Å². The molecule has 2 nitrogen and oxygen atoms in total. The van der Waals surface area contributed by atoms with Crippen molar-refractivity contribution in [1.29, 1.82) is 0 Å². The van der Waals surface area contributed by atoms with Gasteiger partial charge in [0.05, 0.1) is 0 Å². The van der Waals surface area contributed by atoms with Crippen LogP contribution in [0.1, 0.15) is 40.0 Å². The van der Waals surface area contributed by atoms with Gasteiger partial charge in [0, 0.05) is 19.8 Å². The van der Waals surface area contributed by atoms with E-state index in [1.165, 1.54) is 19.3 Å². The molecule has 3 unspecified atom stereocenters. The molecule has 0 amide bonds. The number of ether oxygens (including phenoxy) is 1. The Hall–Kier alpha value is -0.0800. The van der Waals surface area contributed by atoms with Gasteiger partial charge in [-0.2, -0.15) is 0 Å². The first-order valence-corrected chi connectivity index (χ1v) is 5.84. The minimum absolute atomic E-state index is 0.489. The van der Waals surface area contributed by atoms with E-state index >= 15 is 0 Å². The maximum Gasteiger partial charge on any atom is 0.0493 e. The SMILES string of the molecule is CCNC1CCC(C)(C(C)COC)C1. The van der Waals surface area contributed by atoms with Gasteiger partial charge >= 0.3 is 0 Å². The van der Waals surface area contributed by atoms with E-state index in [-0.39, 0.29) is 0 Å². The summed E-state index contributed by atoms with van der Waals surface area (Å²) in [5.74, 6) is 0.677. The lowest BCUT2D eigenvalue weighted by atomic mass is 9.77. The van der Waals surface area contributed by atoms with Crippen molar-refractivity contribution in [2.75, 3.05) is 20.3 Å². The Bertz CT molecular complexity index is 172. The lowest BCUT2D eigenvalue weighted by Crippen LogP contribution is -2.31. The predicted molar refractivity (Wildman–Crippen MR) is 60.5 cm³/mol. The van der Waals surface area contributed by atoms with Gasteiger partial charge in [-0.15, -0.1) is 0 Å². The van der Waals surface area contributed by atoms with Gasteiger partial charge in [-0.3, -0.25) is 0 Å². The lowest BCUT2D eigenvalue weighted by Gasteiger charge is -2.31. The van der Waals surface area contributed by atoms with E-state index in [1.54, 1.807) is 7.11 Å². The van der Waals surface area contributed by atoms with Crippen LogP contribution in [0.5, 0.6) is 0 Å². The van der Waals surface area contributed by atoms with Crippen LogP contribution in [-0.4, -0.2) is 26.3 Å². The van der Waals surface area contributed by atoms with E-state index < -0.39 is 0 Å². The Morgan fingerprint density at radius 2 is 2.29 bits per heavy atom. The van der Waals surface area contributed by atoms with Gasteiger partial charge in [0.1, 0.15) is 0 Å². The Balaban J connectivity index is 2.43. The average molecular weight is 199 g/mol. The Morgan fingerprint density at radius 3 is 2.86 bits per heavy atom. The van der Waals surface area contributed by atoms with E-state index in [2.05, 4.69) is 26.1 Å². The van der Waals surface area contributed by atoms with E-state index in [1.807, 2.05) is 0 Å². The summed E-state index contributed by atoms with van der Waals surface area (Å²) in [6.45, 7) is 8.91. The number of hydrogen-bond donors (Lipinski definition) is 1. The maximum absolute atomic E-state index is 5.26. The maximum atomic E-state index is 5.26. The van der Waals surface area contributed by atoms with Gasteiger partial charge in [-0.05, 0) is 37.1 Å². The highest BCUT2D eigenvalue weighted by Crippen LogP contribution is 2.43. The fraction of sp³-hybridized carbons (Fsp3) is 1.00. The third kappa shape index (κ3) is 2.71. The summed E-state index contributed by atoms with van der Waals surface area (Å²) >= 11 is 0. The summed E-state index contributed by atoms with van der Waals surface area (Å²) in [7, 11) is 1.80. The fourth-order valence-corrected chi connectivity index (χ4v) is 2.63. The van der Waals surface area contributed by atoms with Gasteiger partial charge in [-0.1, -0.05) is 20.8 Å². The van der Waals surface area contributed by atoms with Gasteiger partial charge < -0.3 is 10.1 Å². The summed E-state index contributed by atoms with van der Waals surface area (Å²) in [6.07, 6.45) is 3.99. The molecule has 0 radical (unpaired) electrons. The van der Waals surface area contributed by atoms with E-state index in [0.717, 1.165) is 19.2 Å². The van der Waals surface area contributed by atoms with Crippen molar-refractivity contribution in [3.05, 3.63) is 0 Å². The first kappa shape index (κ1) is 12.0. The zero-order valence-electron chi connectivity index (χ0n) is 10.1. The highest BCUT2D eigenvalue weighted by Gasteiger charge is 2.38. The second kappa shape index (κ2) is 5.13. The van der Waals surface area contributed by atoms with Crippen molar-refractivity contribution >= 4 is 0 Å². The molecule has 1 saturated carbocycles. The molecule has 0 saturated heterocycles. The minimum atomic E-state index is 0.489. The molecule has 14 heavy (non-hydrogen) atoms. The standard InChI is InChI=1S/C12H25NO/c1-5-13-11-6-7-12(3,8-11)10(2)9-14-4/h10-11,13H,5-9H2,1-4H3. The summed E-state index contributed by atoms with van der Waals surface area (Å²) in [5.41, 5.74) is 0.489. The van der Waals surface area contributed by atoms with Crippen LogP contribution in [0.25, 0.3) is 0 Å². The van der Waals surface area contributed by atoms with Crippen LogP contribution < -0.4 is 5.32 Å². The van der Waals surface area contributed by atoms with Crippen LogP contribution in [-0.2, 0) is 4.74 Å². The van der Waals surface area contributed by atoms with Gasteiger partial charge in [0.15, 0.2) is 0 Å². The van der Waals surface area contributed by atoms with Crippen LogP contribution in [0.15, 0.2) is 0 Å². The van der Waals surface area contributed by atoms with E-state index in [0.29, 0.717) is 11.3 Å². The zero-order chi connectivity index (χ0) is 10.6. The van der Waals surface area contributed by atoms with Crippen LogP contribution in [0.4, 0.5) is 0 Å². The zero-order valence-corrected chi connectivity index (χ0v) is 10.1. The van der Waals surface area contributed by atoms with Crippen molar-refractivity contribution < 1.29 is 4.74 Å². The van der Waals surface area contributed by atoms with E-state index in [9.17, 15) is 0 Å². The molecule has 0 aliphatic heterocycles. The number of methoxy groups -OCH3 is 1. The smallest absolute Gasteiger partial charge is 0.0493 e. The summed E-state index contributed by atoms with van der Waals surface area (Å²) in [5, 5.41) is 3.56.